The summed E-state index contributed by atoms with van der Waals surface area (Å²) in [6, 6.07) is 7.84. The van der Waals surface area contributed by atoms with E-state index in [4.69, 9.17) is 4.74 Å². The Morgan fingerprint density at radius 1 is 1.19 bits per heavy atom. The van der Waals surface area contributed by atoms with Crippen LogP contribution in [0.3, 0.4) is 0 Å². The lowest BCUT2D eigenvalue weighted by atomic mass is 9.75. The van der Waals surface area contributed by atoms with Gasteiger partial charge in [0.2, 0.25) is 0 Å². The first kappa shape index (κ1) is 18.2. The average molecular weight is 385 g/mol. The van der Waals surface area contributed by atoms with Crippen molar-refractivity contribution in [1.29, 1.82) is 0 Å². The Kier molecular flexibility index (Phi) is 5.53. The number of aromatic nitrogens is 1. The maximum atomic E-state index is 12.4. The van der Waals surface area contributed by atoms with E-state index in [2.05, 4.69) is 4.98 Å². The number of likely N-dealkylation sites (tertiary alicyclic amines) is 1. The van der Waals surface area contributed by atoms with Gasteiger partial charge in [-0.05, 0) is 42.9 Å². The average Bonchev–Trinajstić information content (AvgIpc) is 3.13. The van der Waals surface area contributed by atoms with E-state index in [0.29, 0.717) is 5.92 Å². The van der Waals surface area contributed by atoms with E-state index in [-0.39, 0.29) is 12.5 Å². The molecule has 0 radical (unpaired) electrons. The Balaban J connectivity index is 1.26. The molecule has 0 bridgehead atoms. The molecule has 1 aliphatic heterocycles. The molecule has 0 N–H and O–H groups in total. The van der Waals surface area contributed by atoms with E-state index >= 15 is 0 Å². The standard InChI is InChI=1S/C21H24N2O3S/c24-20(23-12-11-15-5-1-2-6-16(15)13-23)14-26-21(25)10-9-19-22-17-7-3-4-8-18(17)27-19/h3-4,7-10,15-16H,1-2,5-6,11-14H2/b10-9+/t15-,16+/m1/s1. The zero-order valence-corrected chi connectivity index (χ0v) is 16.1. The molecule has 2 fully saturated rings. The monoisotopic (exact) mass is 384 g/mol. The SMILES string of the molecule is O=C(/C=C/c1nc2ccccc2s1)OCC(=O)N1CC[C@H]2CCCC[C@H]2C1. The summed E-state index contributed by atoms with van der Waals surface area (Å²) in [5, 5.41) is 0.749. The van der Waals surface area contributed by atoms with Gasteiger partial charge in [-0.2, -0.15) is 0 Å². The van der Waals surface area contributed by atoms with Crippen molar-refractivity contribution in [3.8, 4) is 0 Å². The quantitative estimate of drug-likeness (QED) is 0.593. The number of carbonyl (C=O) groups excluding carboxylic acids is 2. The van der Waals surface area contributed by atoms with Crippen LogP contribution >= 0.6 is 11.3 Å². The van der Waals surface area contributed by atoms with Crippen LogP contribution in [0, 0.1) is 11.8 Å². The lowest BCUT2D eigenvalue weighted by Crippen LogP contribution is -2.46. The maximum Gasteiger partial charge on any atom is 0.331 e. The summed E-state index contributed by atoms with van der Waals surface area (Å²) in [6.45, 7) is 1.43. The summed E-state index contributed by atoms with van der Waals surface area (Å²) in [7, 11) is 0. The van der Waals surface area contributed by atoms with Gasteiger partial charge in [0, 0.05) is 19.2 Å². The molecule has 1 saturated carbocycles. The molecule has 2 aliphatic rings. The zero-order chi connectivity index (χ0) is 18.6. The highest BCUT2D eigenvalue weighted by molar-refractivity contribution is 7.19. The highest BCUT2D eigenvalue weighted by Gasteiger charge is 2.32. The third-order valence-electron chi connectivity index (χ3n) is 5.65. The lowest BCUT2D eigenvalue weighted by molar-refractivity contribution is -0.149. The fourth-order valence-corrected chi connectivity index (χ4v) is 5.07. The van der Waals surface area contributed by atoms with Crippen molar-refractivity contribution in [2.75, 3.05) is 19.7 Å². The summed E-state index contributed by atoms with van der Waals surface area (Å²) >= 11 is 1.52. The number of amides is 1. The number of carbonyl (C=O) groups is 2. The number of benzene rings is 1. The predicted molar refractivity (Wildman–Crippen MR) is 106 cm³/mol. The van der Waals surface area contributed by atoms with Crippen LogP contribution in [-0.2, 0) is 14.3 Å². The summed E-state index contributed by atoms with van der Waals surface area (Å²) < 4.78 is 6.22. The Morgan fingerprint density at radius 3 is 2.85 bits per heavy atom. The van der Waals surface area contributed by atoms with E-state index in [1.165, 1.54) is 43.1 Å². The van der Waals surface area contributed by atoms with E-state index in [1.54, 1.807) is 6.08 Å². The van der Waals surface area contributed by atoms with Crippen LogP contribution in [0.4, 0.5) is 0 Å². The molecule has 1 saturated heterocycles. The minimum Gasteiger partial charge on any atom is -0.452 e. The van der Waals surface area contributed by atoms with Crippen LogP contribution < -0.4 is 0 Å². The van der Waals surface area contributed by atoms with Gasteiger partial charge in [-0.3, -0.25) is 4.79 Å². The van der Waals surface area contributed by atoms with Gasteiger partial charge in [0.1, 0.15) is 5.01 Å². The smallest absolute Gasteiger partial charge is 0.331 e. The van der Waals surface area contributed by atoms with Gasteiger partial charge in [0.05, 0.1) is 10.2 Å². The van der Waals surface area contributed by atoms with Gasteiger partial charge in [0.25, 0.3) is 5.91 Å². The van der Waals surface area contributed by atoms with Gasteiger partial charge in [-0.25, -0.2) is 9.78 Å². The number of piperidine rings is 1. The lowest BCUT2D eigenvalue weighted by Gasteiger charge is -2.41. The van der Waals surface area contributed by atoms with E-state index in [9.17, 15) is 9.59 Å². The predicted octanol–water partition coefficient (Wildman–Crippen LogP) is 3.89. The van der Waals surface area contributed by atoms with Crippen LogP contribution in [0.2, 0.25) is 0 Å². The number of hydrogen-bond acceptors (Lipinski definition) is 5. The Hall–Kier alpha value is -2.21. The van der Waals surface area contributed by atoms with E-state index in [1.807, 2.05) is 29.2 Å². The molecule has 5 nitrogen and oxygen atoms in total. The van der Waals surface area contributed by atoms with Crippen LogP contribution in [0.15, 0.2) is 30.3 Å². The number of nitrogens with zero attached hydrogens (tertiary/aromatic N) is 2. The first-order chi connectivity index (χ1) is 13.2. The largest absolute Gasteiger partial charge is 0.452 e. The maximum absolute atomic E-state index is 12.4. The van der Waals surface area contributed by atoms with Crippen molar-refractivity contribution < 1.29 is 14.3 Å². The fraction of sp³-hybridized carbons (Fsp3) is 0.476. The minimum atomic E-state index is -0.504. The number of ether oxygens (including phenoxy) is 1. The Morgan fingerprint density at radius 2 is 2.00 bits per heavy atom. The molecule has 6 heteroatoms. The highest BCUT2D eigenvalue weighted by atomic mass is 32.1. The van der Waals surface area contributed by atoms with Crippen molar-refractivity contribution in [3.63, 3.8) is 0 Å². The van der Waals surface area contributed by atoms with Crippen LogP contribution in [0.5, 0.6) is 0 Å². The fourth-order valence-electron chi connectivity index (χ4n) is 4.20. The number of rotatable bonds is 4. The van der Waals surface area contributed by atoms with Crippen molar-refractivity contribution in [3.05, 3.63) is 35.3 Å². The molecular weight excluding hydrogens is 360 g/mol. The third-order valence-corrected chi connectivity index (χ3v) is 6.66. The van der Waals surface area contributed by atoms with Crippen molar-refractivity contribution in [2.24, 2.45) is 11.8 Å². The molecule has 4 rings (SSSR count). The third kappa shape index (κ3) is 4.38. The normalized spacial score (nSPS) is 22.7. The van der Waals surface area contributed by atoms with Crippen molar-refractivity contribution in [1.82, 2.24) is 9.88 Å². The van der Waals surface area contributed by atoms with Crippen LogP contribution in [0.25, 0.3) is 16.3 Å². The van der Waals surface area contributed by atoms with Crippen molar-refractivity contribution >= 4 is 39.5 Å². The van der Waals surface area contributed by atoms with Gasteiger partial charge < -0.3 is 9.64 Å². The topological polar surface area (TPSA) is 59.5 Å². The summed E-state index contributed by atoms with van der Waals surface area (Å²) in [4.78, 5) is 30.6. The van der Waals surface area contributed by atoms with Gasteiger partial charge >= 0.3 is 5.97 Å². The number of fused-ring (bicyclic) bond motifs is 2. The molecule has 1 aromatic carbocycles. The van der Waals surface area contributed by atoms with Crippen LogP contribution in [-0.4, -0.2) is 41.5 Å². The summed E-state index contributed by atoms with van der Waals surface area (Å²) in [6.07, 6.45) is 9.20. The highest BCUT2D eigenvalue weighted by Crippen LogP contribution is 2.36. The van der Waals surface area contributed by atoms with Crippen molar-refractivity contribution in [2.45, 2.75) is 32.1 Å². The number of esters is 1. The van der Waals surface area contributed by atoms with E-state index < -0.39 is 5.97 Å². The molecule has 0 spiro atoms. The van der Waals surface area contributed by atoms with Crippen LogP contribution in [0.1, 0.15) is 37.1 Å². The second-order valence-corrected chi connectivity index (χ2v) is 8.46. The first-order valence-corrected chi connectivity index (χ1v) is 10.5. The molecule has 1 amide bonds. The first-order valence-electron chi connectivity index (χ1n) is 9.67. The molecule has 2 heterocycles. The number of hydrogen-bond donors (Lipinski definition) is 0. The molecule has 27 heavy (non-hydrogen) atoms. The number of thiazole rings is 1. The molecule has 0 unspecified atom stereocenters. The Bertz CT molecular complexity index is 827. The van der Waals surface area contributed by atoms with Gasteiger partial charge in [-0.15, -0.1) is 11.3 Å². The molecular formula is C21H24N2O3S. The second-order valence-electron chi connectivity index (χ2n) is 7.39. The molecule has 1 aliphatic carbocycles. The van der Waals surface area contributed by atoms with Gasteiger partial charge in [0.15, 0.2) is 6.61 Å². The molecule has 2 aromatic rings. The van der Waals surface area contributed by atoms with E-state index in [0.717, 1.165) is 40.7 Å². The summed E-state index contributed by atoms with van der Waals surface area (Å²) in [5.41, 5.74) is 0.914. The minimum absolute atomic E-state index is 0.0826. The molecule has 142 valence electrons. The Labute approximate surface area is 163 Å². The molecule has 2 atom stereocenters. The number of para-hydroxylation sites is 1. The summed E-state index contributed by atoms with van der Waals surface area (Å²) in [5.74, 6) is 0.823. The second kappa shape index (κ2) is 8.21. The van der Waals surface area contributed by atoms with Gasteiger partial charge in [-0.1, -0.05) is 31.4 Å². The zero-order valence-electron chi connectivity index (χ0n) is 15.3. The molecule has 1 aromatic heterocycles.